The van der Waals surface area contributed by atoms with Gasteiger partial charge in [0, 0.05) is 39.9 Å². The van der Waals surface area contributed by atoms with Crippen LogP contribution in [0.3, 0.4) is 0 Å². The van der Waals surface area contributed by atoms with Gasteiger partial charge >= 0.3 is 0 Å². The SMILES string of the molecule is [2H]C(C)(C)c1ccc(-c2ccnc(-c3[c-]c(Cc4nc(-c5cc(C(C)(C)C)cc(C(C)(C)C)c5O)n(-c5cc(-c6ccccc6)cc(C(C)(C)C)c5)c4C=C)cc(C(C)(C)C)c3)c2)cc1.[Pt]. The van der Waals surface area contributed by atoms with E-state index in [-0.39, 0.29) is 48.5 Å². The molecule has 0 spiro atoms. The predicted octanol–water partition coefficient (Wildman–Crippen LogP) is 16.0. The van der Waals surface area contributed by atoms with Crippen LogP contribution >= 0.6 is 0 Å². The molecule has 0 unspecified atom stereocenters. The van der Waals surface area contributed by atoms with Crippen LogP contribution in [-0.2, 0) is 49.1 Å². The Morgan fingerprint density at radius 1 is 0.677 bits per heavy atom. The summed E-state index contributed by atoms with van der Waals surface area (Å²) in [5.41, 5.74) is 14.9. The van der Waals surface area contributed by atoms with Crippen LogP contribution in [0.25, 0.3) is 56.7 Å². The average Bonchev–Trinajstić information content (AvgIpc) is 3.59. The zero-order valence-corrected chi connectivity index (χ0v) is 43.3. The maximum atomic E-state index is 12.5. The normalized spacial score (nSPS) is 12.7. The number of imidazole rings is 1. The third-order valence-corrected chi connectivity index (χ3v) is 12.3. The summed E-state index contributed by atoms with van der Waals surface area (Å²) in [6.45, 7) is 34.8. The number of hydrogen-bond donors (Lipinski definition) is 1. The fourth-order valence-corrected chi connectivity index (χ4v) is 8.27. The topological polar surface area (TPSA) is 50.9 Å². The van der Waals surface area contributed by atoms with Crippen LogP contribution in [0.4, 0.5) is 0 Å². The molecule has 0 atom stereocenters. The smallest absolute Gasteiger partial charge is 0.149 e. The first-order valence-electron chi connectivity index (χ1n) is 23.2. The molecular formula is C60H68N3OPt-. The molecule has 0 saturated heterocycles. The number of aromatic hydroxyl groups is 1. The van der Waals surface area contributed by atoms with Gasteiger partial charge in [-0.05, 0) is 109 Å². The summed E-state index contributed by atoms with van der Waals surface area (Å²) in [5.74, 6) is 0.230. The van der Waals surface area contributed by atoms with Crippen molar-refractivity contribution in [3.05, 3.63) is 173 Å². The number of phenols is 1. The van der Waals surface area contributed by atoms with Crippen LogP contribution in [0.15, 0.2) is 122 Å². The molecule has 65 heavy (non-hydrogen) atoms. The summed E-state index contributed by atoms with van der Waals surface area (Å²) in [7, 11) is 0. The second-order valence-electron chi connectivity index (χ2n) is 21.9. The molecule has 0 radical (unpaired) electrons. The van der Waals surface area contributed by atoms with E-state index in [9.17, 15) is 5.11 Å². The van der Waals surface area contributed by atoms with Gasteiger partial charge in [0.05, 0.1) is 17.0 Å². The minimum atomic E-state index is -0.670. The quantitative estimate of drug-likeness (QED) is 0.147. The molecule has 0 aliphatic rings. The molecule has 340 valence electrons. The molecular weight excluding hydrogens is 974 g/mol. The van der Waals surface area contributed by atoms with Gasteiger partial charge in [-0.3, -0.25) is 4.57 Å². The van der Waals surface area contributed by atoms with Gasteiger partial charge in [-0.25, -0.2) is 4.98 Å². The fourth-order valence-electron chi connectivity index (χ4n) is 8.27. The zero-order valence-electron chi connectivity index (χ0n) is 42.1. The van der Waals surface area contributed by atoms with Crippen LogP contribution in [-0.4, -0.2) is 19.6 Å². The second-order valence-corrected chi connectivity index (χ2v) is 21.9. The summed E-state index contributed by atoms with van der Waals surface area (Å²) >= 11 is 0. The van der Waals surface area contributed by atoms with Gasteiger partial charge in [0.15, 0.2) is 0 Å². The number of benzene rings is 5. The monoisotopic (exact) mass is 1040 g/mol. The zero-order chi connectivity index (χ0) is 47.4. The van der Waals surface area contributed by atoms with Crippen LogP contribution in [0.1, 0.15) is 149 Å². The molecule has 4 nitrogen and oxygen atoms in total. The first-order chi connectivity index (χ1) is 30.2. The van der Waals surface area contributed by atoms with Crippen molar-refractivity contribution in [1.29, 1.82) is 0 Å². The molecule has 2 aromatic heterocycles. The Kier molecular flexibility index (Phi) is 13.6. The van der Waals surface area contributed by atoms with Crippen LogP contribution in [0.2, 0.25) is 0 Å². The van der Waals surface area contributed by atoms with Gasteiger partial charge in [-0.1, -0.05) is 176 Å². The molecule has 5 heteroatoms. The summed E-state index contributed by atoms with van der Waals surface area (Å²) in [5, 5.41) is 12.5. The minimum absolute atomic E-state index is 0. The van der Waals surface area contributed by atoms with Crippen LogP contribution < -0.4 is 0 Å². The van der Waals surface area contributed by atoms with Crippen molar-refractivity contribution in [3.8, 4) is 56.3 Å². The maximum absolute atomic E-state index is 12.5. The Balaban J connectivity index is 0.00000720. The van der Waals surface area contributed by atoms with E-state index in [2.05, 4.69) is 191 Å². The van der Waals surface area contributed by atoms with Crippen molar-refractivity contribution >= 4 is 6.08 Å². The van der Waals surface area contributed by atoms with Crippen molar-refractivity contribution in [1.82, 2.24) is 14.5 Å². The molecule has 1 N–H and O–H groups in total. The number of rotatable bonds is 9. The van der Waals surface area contributed by atoms with E-state index in [4.69, 9.17) is 11.3 Å². The summed E-state index contributed by atoms with van der Waals surface area (Å²) in [6.07, 6.45) is 4.26. The molecule has 0 amide bonds. The van der Waals surface area contributed by atoms with E-state index in [0.717, 1.165) is 72.8 Å². The van der Waals surface area contributed by atoms with Gasteiger partial charge in [0.2, 0.25) is 0 Å². The first kappa shape index (κ1) is 47.6. The molecule has 0 aliphatic carbocycles. The minimum Gasteiger partial charge on any atom is -0.507 e. The summed E-state index contributed by atoms with van der Waals surface area (Å²) in [6, 6.07) is 42.4. The van der Waals surface area contributed by atoms with Gasteiger partial charge in [0.1, 0.15) is 11.6 Å². The van der Waals surface area contributed by atoms with Crippen molar-refractivity contribution < 1.29 is 27.5 Å². The van der Waals surface area contributed by atoms with Gasteiger partial charge in [0.25, 0.3) is 0 Å². The third kappa shape index (κ3) is 10.7. The van der Waals surface area contributed by atoms with Gasteiger partial charge < -0.3 is 10.1 Å². The first-order valence-corrected chi connectivity index (χ1v) is 22.7. The van der Waals surface area contributed by atoms with Crippen LogP contribution in [0, 0.1) is 6.07 Å². The van der Waals surface area contributed by atoms with Crippen molar-refractivity contribution in [3.63, 3.8) is 0 Å². The Bertz CT molecular complexity index is 2870. The largest absolute Gasteiger partial charge is 0.507 e. The Morgan fingerprint density at radius 2 is 1.28 bits per heavy atom. The molecule has 0 bridgehead atoms. The summed E-state index contributed by atoms with van der Waals surface area (Å²) in [4.78, 5) is 10.5. The molecule has 0 fully saturated rings. The van der Waals surface area contributed by atoms with E-state index in [1.807, 2.05) is 44.3 Å². The van der Waals surface area contributed by atoms with E-state index in [1.165, 1.54) is 11.1 Å². The van der Waals surface area contributed by atoms with E-state index >= 15 is 0 Å². The molecule has 7 aromatic rings. The number of pyridine rings is 1. The van der Waals surface area contributed by atoms with E-state index in [0.29, 0.717) is 17.8 Å². The van der Waals surface area contributed by atoms with E-state index in [1.54, 1.807) is 0 Å². The average molecular weight is 1040 g/mol. The number of nitrogens with zero attached hydrogens (tertiary/aromatic N) is 3. The Morgan fingerprint density at radius 3 is 1.86 bits per heavy atom. The maximum Gasteiger partial charge on any atom is 0.149 e. The number of phenolic OH excluding ortho intramolecular Hbond substituents is 1. The molecule has 7 rings (SSSR count). The van der Waals surface area contributed by atoms with Gasteiger partial charge in [-0.15, -0.1) is 34.9 Å². The van der Waals surface area contributed by atoms with Crippen molar-refractivity contribution in [2.75, 3.05) is 0 Å². The number of aromatic nitrogens is 3. The number of hydrogen-bond acceptors (Lipinski definition) is 3. The third-order valence-electron chi connectivity index (χ3n) is 12.3. The Hall–Kier alpha value is -5.31. The fraction of sp³-hybridized carbons (Fsp3) is 0.333. The van der Waals surface area contributed by atoms with E-state index < -0.39 is 5.89 Å². The predicted molar refractivity (Wildman–Crippen MR) is 272 cm³/mol. The second kappa shape index (κ2) is 18.5. The molecule has 2 heterocycles. The van der Waals surface area contributed by atoms with Crippen molar-refractivity contribution in [2.24, 2.45) is 0 Å². The Labute approximate surface area is 406 Å². The molecule has 5 aromatic carbocycles. The summed E-state index contributed by atoms with van der Waals surface area (Å²) < 4.78 is 10.7. The standard InChI is InChI=1S/C60H68N3O.Pt/c1-16-54-53(30-39-28-45(32-46(29-39)57(4,5)6)52-34-43(26-27-61-52)42-24-22-40(23-25-42)38(2)3)62-56(50-36-48(59(10,11)12)37-51(55(50)64)60(13,14)15)63(54)49-33-44(41-20-18-17-19-21-41)31-47(35-49)58(7,8)9;/h16-27,29,31-38,64H,1,30H2,2-15H3;/q-1;/i38D;. The van der Waals surface area contributed by atoms with Gasteiger partial charge in [-0.2, -0.15) is 0 Å². The van der Waals surface area contributed by atoms with Crippen molar-refractivity contribution in [2.45, 2.75) is 131 Å². The van der Waals surface area contributed by atoms with Crippen LogP contribution in [0.5, 0.6) is 5.75 Å². The molecule has 0 saturated carbocycles. The molecule has 0 aliphatic heterocycles.